The Morgan fingerprint density at radius 2 is 2.35 bits per heavy atom. The molecule has 7 heteroatoms. The summed E-state index contributed by atoms with van der Waals surface area (Å²) in [6.07, 6.45) is 4.43. The van der Waals surface area contributed by atoms with E-state index in [-0.39, 0.29) is 23.0 Å². The minimum Gasteiger partial charge on any atom is -0.393 e. The molecule has 1 heterocycles. The average Bonchev–Trinajstić information content (AvgIpc) is 2.75. The molecule has 3 N–H and O–H groups in total. The number of H-pyrrole nitrogens is 1. The van der Waals surface area contributed by atoms with Gasteiger partial charge in [-0.2, -0.15) is 5.10 Å². The molecule has 1 aliphatic carbocycles. The van der Waals surface area contributed by atoms with Crippen LogP contribution in [0.1, 0.15) is 26.2 Å². The highest BCUT2D eigenvalue weighted by Gasteiger charge is 2.35. The van der Waals surface area contributed by atoms with E-state index in [0.717, 1.165) is 0 Å². The van der Waals surface area contributed by atoms with Crippen LogP contribution >= 0.6 is 0 Å². The first-order chi connectivity index (χ1) is 8.03. The summed E-state index contributed by atoms with van der Waals surface area (Å²) in [7, 11) is -3.49. The third kappa shape index (κ3) is 2.67. The zero-order valence-electron chi connectivity index (χ0n) is 9.63. The minimum atomic E-state index is -3.49. The highest BCUT2D eigenvalue weighted by Crippen LogP contribution is 2.32. The zero-order valence-corrected chi connectivity index (χ0v) is 10.4. The highest BCUT2D eigenvalue weighted by atomic mass is 32.2. The summed E-state index contributed by atoms with van der Waals surface area (Å²) in [5.74, 6) is 0.233. The van der Waals surface area contributed by atoms with Gasteiger partial charge in [0.2, 0.25) is 10.0 Å². The second-order valence-corrected chi connectivity index (χ2v) is 6.17. The summed E-state index contributed by atoms with van der Waals surface area (Å²) in [5, 5.41) is 15.4. The van der Waals surface area contributed by atoms with Gasteiger partial charge in [-0.3, -0.25) is 5.10 Å². The van der Waals surface area contributed by atoms with Gasteiger partial charge in [-0.1, -0.05) is 6.92 Å². The molecule has 2 rings (SSSR count). The molecule has 0 spiro atoms. The van der Waals surface area contributed by atoms with Crippen LogP contribution in [0.5, 0.6) is 0 Å². The van der Waals surface area contributed by atoms with E-state index in [0.29, 0.717) is 19.3 Å². The summed E-state index contributed by atoms with van der Waals surface area (Å²) in [5.41, 5.74) is 0. The van der Waals surface area contributed by atoms with Crippen LogP contribution in [0.4, 0.5) is 0 Å². The molecule has 0 amide bonds. The Bertz CT molecular complexity index is 451. The van der Waals surface area contributed by atoms with Crippen molar-refractivity contribution in [2.45, 2.75) is 43.2 Å². The molecule has 96 valence electrons. The molecule has 0 aliphatic heterocycles. The number of aliphatic hydroxyl groups excluding tert-OH is 1. The van der Waals surface area contributed by atoms with Crippen LogP contribution < -0.4 is 4.72 Å². The molecule has 0 saturated heterocycles. The SMILES string of the molecule is CC[C@H](NS(=O)(=O)c1cn[nH]c1)C1CC(O)C1. The number of nitrogens with one attached hydrogen (secondary N) is 2. The predicted octanol–water partition coefficient (Wildman–Crippen LogP) is 0.237. The lowest BCUT2D eigenvalue weighted by molar-refractivity contribution is 0.0277. The van der Waals surface area contributed by atoms with Crippen molar-refractivity contribution in [2.24, 2.45) is 5.92 Å². The Morgan fingerprint density at radius 3 is 2.82 bits per heavy atom. The number of hydrogen-bond donors (Lipinski definition) is 3. The topological polar surface area (TPSA) is 95.1 Å². The van der Waals surface area contributed by atoms with Crippen molar-refractivity contribution >= 4 is 10.0 Å². The molecule has 1 aromatic heterocycles. The number of sulfonamides is 1. The Labute approximate surface area is 100 Å². The molecule has 1 atom stereocenters. The number of aliphatic hydroxyl groups is 1. The third-order valence-corrected chi connectivity index (χ3v) is 4.71. The van der Waals surface area contributed by atoms with E-state index in [1.807, 2.05) is 6.92 Å². The van der Waals surface area contributed by atoms with Crippen LogP contribution in [-0.2, 0) is 10.0 Å². The van der Waals surface area contributed by atoms with Gasteiger partial charge in [0.15, 0.2) is 0 Å². The Balaban J connectivity index is 2.04. The van der Waals surface area contributed by atoms with Crippen molar-refractivity contribution in [2.75, 3.05) is 0 Å². The van der Waals surface area contributed by atoms with Gasteiger partial charge in [-0.25, -0.2) is 13.1 Å². The molecule has 1 fully saturated rings. The summed E-state index contributed by atoms with van der Waals surface area (Å²) >= 11 is 0. The molecule has 6 nitrogen and oxygen atoms in total. The number of nitrogens with zero attached hydrogens (tertiary/aromatic N) is 1. The molecule has 0 aromatic carbocycles. The molecule has 0 bridgehead atoms. The lowest BCUT2D eigenvalue weighted by atomic mass is 9.77. The quantitative estimate of drug-likeness (QED) is 0.705. The number of aromatic nitrogens is 2. The van der Waals surface area contributed by atoms with Gasteiger partial charge in [-0.05, 0) is 25.2 Å². The lowest BCUT2D eigenvalue weighted by Gasteiger charge is -2.37. The normalized spacial score (nSPS) is 26.5. The second kappa shape index (κ2) is 4.75. The fourth-order valence-corrected chi connectivity index (χ4v) is 3.42. The maximum atomic E-state index is 12.0. The van der Waals surface area contributed by atoms with Gasteiger partial charge >= 0.3 is 0 Å². The van der Waals surface area contributed by atoms with Crippen LogP contribution in [0.3, 0.4) is 0 Å². The molecular formula is C10H17N3O3S. The van der Waals surface area contributed by atoms with E-state index >= 15 is 0 Å². The standard InChI is InChI=1S/C10H17N3O3S/c1-2-10(7-3-8(14)4-7)13-17(15,16)9-5-11-12-6-9/h5-8,10,13-14H,2-4H2,1H3,(H,11,12)/t7?,8?,10-/m0/s1. The molecule has 0 unspecified atom stereocenters. The van der Waals surface area contributed by atoms with Crippen molar-refractivity contribution in [3.8, 4) is 0 Å². The highest BCUT2D eigenvalue weighted by molar-refractivity contribution is 7.89. The number of hydrogen-bond acceptors (Lipinski definition) is 4. The molecular weight excluding hydrogens is 242 g/mol. The van der Waals surface area contributed by atoms with Gasteiger partial charge < -0.3 is 5.11 Å². The van der Waals surface area contributed by atoms with Gasteiger partial charge in [-0.15, -0.1) is 0 Å². The fraction of sp³-hybridized carbons (Fsp3) is 0.700. The number of aromatic amines is 1. The summed E-state index contributed by atoms with van der Waals surface area (Å²) < 4.78 is 26.6. The van der Waals surface area contributed by atoms with Gasteiger partial charge in [0, 0.05) is 12.2 Å². The average molecular weight is 259 g/mol. The maximum Gasteiger partial charge on any atom is 0.243 e. The van der Waals surface area contributed by atoms with Crippen molar-refractivity contribution in [3.05, 3.63) is 12.4 Å². The fourth-order valence-electron chi connectivity index (χ4n) is 2.12. The van der Waals surface area contributed by atoms with E-state index < -0.39 is 10.0 Å². The monoisotopic (exact) mass is 259 g/mol. The van der Waals surface area contributed by atoms with Crippen LogP contribution in [-0.4, -0.2) is 35.9 Å². The summed E-state index contributed by atoms with van der Waals surface area (Å²) in [4.78, 5) is 0.149. The van der Waals surface area contributed by atoms with Gasteiger partial charge in [0.05, 0.1) is 12.3 Å². The smallest absolute Gasteiger partial charge is 0.243 e. The summed E-state index contributed by atoms with van der Waals surface area (Å²) in [6, 6.07) is -0.113. The van der Waals surface area contributed by atoms with Crippen LogP contribution in [0, 0.1) is 5.92 Å². The zero-order chi connectivity index (χ0) is 12.5. The first kappa shape index (κ1) is 12.5. The molecule has 1 aliphatic rings. The third-order valence-electron chi connectivity index (χ3n) is 3.25. The first-order valence-electron chi connectivity index (χ1n) is 5.72. The van der Waals surface area contributed by atoms with Crippen LogP contribution in [0.15, 0.2) is 17.3 Å². The van der Waals surface area contributed by atoms with Crippen molar-refractivity contribution < 1.29 is 13.5 Å². The minimum absolute atomic E-state index is 0.113. The number of rotatable bonds is 5. The van der Waals surface area contributed by atoms with Crippen LogP contribution in [0.25, 0.3) is 0 Å². The largest absolute Gasteiger partial charge is 0.393 e. The van der Waals surface area contributed by atoms with Gasteiger partial charge in [0.25, 0.3) is 0 Å². The van der Waals surface area contributed by atoms with Gasteiger partial charge in [0.1, 0.15) is 4.90 Å². The molecule has 1 saturated carbocycles. The lowest BCUT2D eigenvalue weighted by Crippen LogP contribution is -2.46. The molecule has 0 radical (unpaired) electrons. The Hall–Kier alpha value is -0.920. The summed E-state index contributed by atoms with van der Waals surface area (Å²) in [6.45, 7) is 1.94. The van der Waals surface area contributed by atoms with Crippen LogP contribution in [0.2, 0.25) is 0 Å². The van der Waals surface area contributed by atoms with E-state index in [4.69, 9.17) is 0 Å². The van der Waals surface area contributed by atoms with Crippen molar-refractivity contribution in [1.29, 1.82) is 0 Å². The molecule has 17 heavy (non-hydrogen) atoms. The Morgan fingerprint density at radius 1 is 1.65 bits per heavy atom. The van der Waals surface area contributed by atoms with Crippen molar-refractivity contribution in [1.82, 2.24) is 14.9 Å². The molecule has 1 aromatic rings. The van der Waals surface area contributed by atoms with E-state index in [2.05, 4.69) is 14.9 Å². The Kier molecular flexibility index (Phi) is 3.50. The van der Waals surface area contributed by atoms with E-state index in [9.17, 15) is 13.5 Å². The first-order valence-corrected chi connectivity index (χ1v) is 7.20. The van der Waals surface area contributed by atoms with E-state index in [1.54, 1.807) is 0 Å². The maximum absolute atomic E-state index is 12.0. The van der Waals surface area contributed by atoms with E-state index in [1.165, 1.54) is 12.4 Å². The predicted molar refractivity (Wildman–Crippen MR) is 61.7 cm³/mol. The second-order valence-electron chi connectivity index (χ2n) is 4.46. The van der Waals surface area contributed by atoms with Crippen molar-refractivity contribution in [3.63, 3.8) is 0 Å².